The fourth-order valence-electron chi connectivity index (χ4n) is 2.80. The Labute approximate surface area is 160 Å². The molecule has 146 valence electrons. The summed E-state index contributed by atoms with van der Waals surface area (Å²) in [5.41, 5.74) is 6.26. The summed E-state index contributed by atoms with van der Waals surface area (Å²) in [6.07, 6.45) is 0.606. The number of nitrogens with one attached hydrogen (secondary N) is 1. The number of carbonyl (C=O) groups is 1. The van der Waals surface area contributed by atoms with Crippen LogP contribution in [0.5, 0.6) is 5.75 Å². The molecule has 2 aromatic rings. The second-order valence-electron chi connectivity index (χ2n) is 6.38. The smallest absolute Gasteiger partial charge is 0.179 e. The number of methoxy groups -OCH3 is 1. The Hall–Kier alpha value is -2.28. The number of ketones is 1. The Balaban J connectivity index is 0.000000273. The topological polar surface area (TPSA) is 67.6 Å². The van der Waals surface area contributed by atoms with Crippen molar-refractivity contribution in [2.24, 2.45) is 5.73 Å². The molecule has 0 aromatic heterocycles. The van der Waals surface area contributed by atoms with Crippen LogP contribution in [0.1, 0.15) is 16.8 Å². The maximum atomic E-state index is 13.1. The first kappa shape index (κ1) is 21.0. The van der Waals surface area contributed by atoms with E-state index in [4.69, 9.17) is 10.5 Å². The van der Waals surface area contributed by atoms with Crippen LogP contribution in [-0.2, 0) is 0 Å². The molecule has 1 saturated heterocycles. The van der Waals surface area contributed by atoms with Gasteiger partial charge in [0.15, 0.2) is 5.78 Å². The molecular weight excluding hydrogens is 345 g/mol. The van der Waals surface area contributed by atoms with E-state index in [0.29, 0.717) is 12.0 Å². The van der Waals surface area contributed by atoms with Gasteiger partial charge in [-0.2, -0.15) is 0 Å². The zero-order chi connectivity index (χ0) is 19.5. The summed E-state index contributed by atoms with van der Waals surface area (Å²) < 4.78 is 18.0. The summed E-state index contributed by atoms with van der Waals surface area (Å²) in [5.74, 6) is 0.322. The molecule has 0 spiro atoms. The van der Waals surface area contributed by atoms with Crippen LogP contribution in [0.15, 0.2) is 54.6 Å². The van der Waals surface area contributed by atoms with Gasteiger partial charge in [0.05, 0.1) is 13.2 Å². The molecule has 1 aliphatic heterocycles. The van der Waals surface area contributed by atoms with Crippen LogP contribution in [0.2, 0.25) is 0 Å². The highest BCUT2D eigenvalue weighted by molar-refractivity contribution is 5.99. The molecule has 0 bridgehead atoms. The largest absolute Gasteiger partial charge is 0.497 e. The van der Waals surface area contributed by atoms with E-state index >= 15 is 0 Å². The van der Waals surface area contributed by atoms with E-state index in [1.807, 2.05) is 30.3 Å². The number of halogens is 1. The van der Waals surface area contributed by atoms with E-state index in [0.717, 1.165) is 38.5 Å². The minimum Gasteiger partial charge on any atom is -0.497 e. The Morgan fingerprint density at radius 2 is 1.89 bits per heavy atom. The van der Waals surface area contributed by atoms with Gasteiger partial charge in [-0.3, -0.25) is 4.79 Å². The predicted molar refractivity (Wildman–Crippen MR) is 106 cm³/mol. The molecule has 0 saturated carbocycles. The fourth-order valence-corrected chi connectivity index (χ4v) is 2.80. The van der Waals surface area contributed by atoms with Crippen molar-refractivity contribution in [2.75, 3.05) is 39.8 Å². The zero-order valence-electron chi connectivity index (χ0n) is 15.7. The van der Waals surface area contributed by atoms with E-state index in [2.05, 4.69) is 10.2 Å². The molecular formula is C21H28FN3O2. The normalized spacial score (nSPS) is 15.4. The molecule has 1 atom stereocenters. The van der Waals surface area contributed by atoms with E-state index < -0.39 is 11.9 Å². The summed E-state index contributed by atoms with van der Waals surface area (Å²) >= 11 is 0. The lowest BCUT2D eigenvalue weighted by atomic mass is 10.0. The van der Waals surface area contributed by atoms with E-state index in [1.165, 1.54) is 18.2 Å². The number of benzene rings is 2. The molecule has 0 radical (unpaired) electrons. The first-order chi connectivity index (χ1) is 13.1. The number of ether oxygens (including phenoxy) is 1. The number of carbonyl (C=O) groups excluding carboxylic acids is 1. The second kappa shape index (κ2) is 11.4. The van der Waals surface area contributed by atoms with Crippen molar-refractivity contribution in [3.8, 4) is 5.75 Å². The fraction of sp³-hybridized carbons (Fsp3) is 0.381. The van der Waals surface area contributed by atoms with Gasteiger partial charge in [0.1, 0.15) is 11.6 Å². The molecule has 5 nitrogen and oxygen atoms in total. The van der Waals surface area contributed by atoms with E-state index in [9.17, 15) is 9.18 Å². The Morgan fingerprint density at radius 3 is 2.48 bits per heavy atom. The lowest BCUT2D eigenvalue weighted by molar-refractivity contribution is 0.0948. The van der Waals surface area contributed by atoms with Gasteiger partial charge in [-0.15, -0.1) is 0 Å². The third-order valence-corrected chi connectivity index (χ3v) is 4.39. The zero-order valence-corrected chi connectivity index (χ0v) is 15.7. The molecule has 6 heteroatoms. The van der Waals surface area contributed by atoms with Crippen molar-refractivity contribution in [2.45, 2.75) is 12.5 Å². The third-order valence-electron chi connectivity index (χ3n) is 4.39. The summed E-state index contributed by atoms with van der Waals surface area (Å²) in [7, 11) is 1.66. The lowest BCUT2D eigenvalue weighted by Gasteiger charge is -2.27. The summed E-state index contributed by atoms with van der Waals surface area (Å²) in [5, 5.41) is 3.28. The number of para-hydroxylation sites is 1. The molecule has 1 fully saturated rings. The maximum Gasteiger partial charge on any atom is 0.179 e. The Kier molecular flexibility index (Phi) is 8.91. The van der Waals surface area contributed by atoms with Gasteiger partial charge >= 0.3 is 0 Å². The van der Waals surface area contributed by atoms with Crippen LogP contribution in [0.4, 0.5) is 4.39 Å². The van der Waals surface area contributed by atoms with Crippen molar-refractivity contribution >= 4 is 5.78 Å². The molecule has 2 aromatic carbocycles. The number of Topliss-reactive ketones (excluding diaryl/α,β-unsaturated/α-hetero) is 1. The van der Waals surface area contributed by atoms with Crippen molar-refractivity contribution in [3.05, 3.63) is 66.0 Å². The van der Waals surface area contributed by atoms with Gasteiger partial charge in [0.2, 0.25) is 0 Å². The van der Waals surface area contributed by atoms with Gasteiger partial charge in [-0.25, -0.2) is 4.39 Å². The van der Waals surface area contributed by atoms with Gasteiger partial charge < -0.3 is 20.7 Å². The summed E-state index contributed by atoms with van der Waals surface area (Å²) in [6.45, 7) is 4.74. The third kappa shape index (κ3) is 7.46. The van der Waals surface area contributed by atoms with Crippen molar-refractivity contribution in [1.29, 1.82) is 0 Å². The average Bonchev–Trinajstić information content (AvgIpc) is 2.73. The standard InChI is InChI=1S/C14H20FN3O.C7H8O/c15-12-3-1-2-11(10-12)14(19)13(16)4-7-18-8-5-17-6-9-18;1-8-7-5-3-2-4-6-7/h1-3,10,13,17H,4-9,16H2;2-6H,1H3. The molecule has 1 unspecified atom stereocenters. The minimum atomic E-state index is -0.559. The SMILES string of the molecule is COc1ccccc1.NC(CCN1CCNCC1)C(=O)c1cccc(F)c1. The molecule has 0 amide bonds. The van der Waals surface area contributed by atoms with E-state index in [1.54, 1.807) is 13.2 Å². The number of nitrogens with two attached hydrogens (primary N) is 1. The van der Waals surface area contributed by atoms with E-state index in [-0.39, 0.29) is 5.78 Å². The van der Waals surface area contributed by atoms with Crippen LogP contribution in [-0.4, -0.2) is 56.6 Å². The first-order valence-electron chi connectivity index (χ1n) is 9.17. The van der Waals surface area contributed by atoms with Crippen molar-refractivity contribution < 1.29 is 13.9 Å². The van der Waals surface area contributed by atoms with Gasteiger partial charge in [0, 0.05) is 38.3 Å². The second-order valence-corrected chi connectivity index (χ2v) is 6.38. The number of nitrogens with zero attached hydrogens (tertiary/aromatic N) is 1. The van der Waals surface area contributed by atoms with Gasteiger partial charge in [0.25, 0.3) is 0 Å². The number of rotatable bonds is 6. The quantitative estimate of drug-likeness (QED) is 0.761. The minimum absolute atomic E-state index is 0.186. The Morgan fingerprint density at radius 1 is 1.19 bits per heavy atom. The summed E-state index contributed by atoms with van der Waals surface area (Å²) in [6, 6.07) is 14.8. The number of piperazine rings is 1. The molecule has 1 aliphatic rings. The Bertz CT molecular complexity index is 691. The monoisotopic (exact) mass is 373 g/mol. The lowest BCUT2D eigenvalue weighted by Crippen LogP contribution is -2.45. The van der Waals surface area contributed by atoms with Crippen molar-refractivity contribution in [3.63, 3.8) is 0 Å². The first-order valence-corrected chi connectivity index (χ1v) is 9.17. The number of hydrogen-bond acceptors (Lipinski definition) is 5. The van der Waals surface area contributed by atoms with Gasteiger partial charge in [-0.1, -0.05) is 30.3 Å². The predicted octanol–water partition coefficient (Wildman–Crippen LogP) is 2.33. The van der Waals surface area contributed by atoms with Crippen LogP contribution >= 0.6 is 0 Å². The molecule has 3 rings (SSSR count). The molecule has 1 heterocycles. The van der Waals surface area contributed by atoms with Crippen LogP contribution in [0.25, 0.3) is 0 Å². The summed E-state index contributed by atoms with van der Waals surface area (Å²) in [4.78, 5) is 14.3. The van der Waals surface area contributed by atoms with Crippen molar-refractivity contribution in [1.82, 2.24) is 10.2 Å². The van der Waals surface area contributed by atoms with Gasteiger partial charge in [-0.05, 0) is 30.7 Å². The average molecular weight is 373 g/mol. The highest BCUT2D eigenvalue weighted by atomic mass is 19.1. The van der Waals surface area contributed by atoms with Crippen LogP contribution in [0.3, 0.4) is 0 Å². The molecule has 27 heavy (non-hydrogen) atoms. The van der Waals surface area contributed by atoms with Crippen LogP contribution < -0.4 is 15.8 Å². The highest BCUT2D eigenvalue weighted by Gasteiger charge is 2.18. The maximum absolute atomic E-state index is 13.1. The highest BCUT2D eigenvalue weighted by Crippen LogP contribution is 2.08. The molecule has 3 N–H and O–H groups in total. The van der Waals surface area contributed by atoms with Crippen LogP contribution in [0, 0.1) is 5.82 Å². The number of hydrogen-bond donors (Lipinski definition) is 2. The molecule has 0 aliphatic carbocycles.